The maximum atomic E-state index is 11.2. The second-order valence-electron chi connectivity index (χ2n) is 15.1. The number of aromatic nitrogens is 1. The summed E-state index contributed by atoms with van der Waals surface area (Å²) in [6.07, 6.45) is 15.5. The average molecular weight is 1040 g/mol. The predicted octanol–water partition coefficient (Wildman–Crippen LogP) is -4.67. The fraction of sp³-hybridized carbons (Fsp3) is 0.357. The molecule has 0 amide bonds. The molecule has 332 valence electrons. The van der Waals surface area contributed by atoms with Crippen molar-refractivity contribution in [3.8, 4) is 23.0 Å². The van der Waals surface area contributed by atoms with Crippen LogP contribution < -0.4 is 164 Å². The molecule has 3 aliphatic heterocycles. The summed E-state index contributed by atoms with van der Waals surface area (Å²) in [6.45, 7) is 8.55. The standard InChI is InChI=1S/C41H44N4O12S4.CH4.3K/c1-40(2)34-26-31(15-14-30-16-18-33(19-17-30)58-57-56-46)28-44(21-8-10-23-59(47,48)49)38(34)42-36(40)12-6-5-7-13-37-41(3,4)35-27-32(20-25-61(53,54)55)29-45(39(35)43-37)22-9-11-24-60(50,51)52;;;;/h5-7,12-13,16-19,26-29H,8-11,21-24H2,1-4H3,(H3-,46,47,48,49,50,51,52,53,54,55);1H4;;;/q;;3*+1/p-3. The van der Waals surface area contributed by atoms with Crippen molar-refractivity contribution < 1.29 is 212 Å². The minimum absolute atomic E-state index is 0. The van der Waals surface area contributed by atoms with Gasteiger partial charge in [0.2, 0.25) is 0 Å². The first-order valence-electron chi connectivity index (χ1n) is 18.7. The fourth-order valence-electron chi connectivity index (χ4n) is 6.60. The zero-order valence-electron chi connectivity index (χ0n) is 36.5. The van der Waals surface area contributed by atoms with Gasteiger partial charge in [0, 0.05) is 56.5 Å². The van der Waals surface area contributed by atoms with E-state index in [1.165, 1.54) is 6.20 Å². The molecule has 0 aliphatic carbocycles. The molecule has 0 radical (unpaired) electrons. The molecule has 16 nitrogen and oxygen atoms in total. The quantitative estimate of drug-likeness (QED) is 0.0177. The molecule has 0 fully saturated rings. The summed E-state index contributed by atoms with van der Waals surface area (Å²) in [5.74, 6) is 8.94. The number of aryl methyl sites for hydroxylation is 1. The topological polar surface area (TPSA) is 245 Å². The Balaban J connectivity index is 0.00000528. The summed E-state index contributed by atoms with van der Waals surface area (Å²) >= 11 is 0.768. The van der Waals surface area contributed by atoms with Gasteiger partial charge in [0.25, 0.3) is 0 Å². The SMILES string of the molecule is C.CC1(C)C(=CC=CC=CC2=Nc3c(cc(C#CS(=O)(=O)[O-])c[n+]3CCCCS(=O)(=O)[O-])C2(C)C)N=C2C1=CC(C#Cc1ccc(SOO[O-])cc1)=CN2CCCCS(=O)(=O)[O-].[K+].[K+].[K+]. The van der Waals surface area contributed by atoms with Crippen LogP contribution in [0.15, 0.2) is 111 Å². The second-order valence-corrected chi connectivity index (χ2v) is 20.0. The zero-order valence-corrected chi connectivity index (χ0v) is 49.1. The van der Waals surface area contributed by atoms with Gasteiger partial charge in [0.1, 0.15) is 12.0 Å². The van der Waals surface area contributed by atoms with Crippen molar-refractivity contribution in [3.05, 3.63) is 113 Å². The Bertz CT molecular complexity index is 2750. The second kappa shape index (κ2) is 27.7. The number of nitrogens with zero attached hydrogens (tertiary/aromatic N) is 4. The summed E-state index contributed by atoms with van der Waals surface area (Å²) in [6, 6.07) is 8.64. The van der Waals surface area contributed by atoms with Gasteiger partial charge in [-0.1, -0.05) is 51.3 Å². The molecule has 0 saturated heterocycles. The zero-order chi connectivity index (χ0) is 44.6. The fourth-order valence-corrected chi connectivity index (χ4v) is 8.31. The van der Waals surface area contributed by atoms with E-state index in [1.54, 1.807) is 46.2 Å². The summed E-state index contributed by atoms with van der Waals surface area (Å²) < 4.78 is 107. The molecule has 4 heterocycles. The first kappa shape index (κ1) is 63.2. The molecule has 0 spiro atoms. The summed E-state index contributed by atoms with van der Waals surface area (Å²) in [7, 11) is -13.6. The molecule has 0 bridgehead atoms. The van der Waals surface area contributed by atoms with Crippen LogP contribution in [0.2, 0.25) is 0 Å². The Hall–Kier alpha value is 0.199. The van der Waals surface area contributed by atoms with Gasteiger partial charge in [-0.15, -0.1) is 0 Å². The van der Waals surface area contributed by atoms with Gasteiger partial charge in [-0.25, -0.2) is 34.8 Å². The molecule has 65 heavy (non-hydrogen) atoms. The Labute approximate surface area is 514 Å². The molecule has 2 aromatic rings. The minimum atomic E-state index is -4.83. The maximum absolute atomic E-state index is 11.2. The van der Waals surface area contributed by atoms with Crippen molar-refractivity contribution in [2.24, 2.45) is 15.4 Å². The Morgan fingerprint density at radius 3 is 2.08 bits per heavy atom. The first-order valence-corrected chi connectivity index (χ1v) is 24.0. The molecule has 5 rings (SSSR count). The summed E-state index contributed by atoms with van der Waals surface area (Å²) in [5.41, 5.74) is 3.39. The van der Waals surface area contributed by atoms with Crippen LogP contribution in [0.1, 0.15) is 77.5 Å². The van der Waals surface area contributed by atoms with Gasteiger partial charge in [0.15, 0.2) is 15.8 Å². The van der Waals surface area contributed by atoms with Crippen molar-refractivity contribution in [2.75, 3.05) is 18.1 Å². The Morgan fingerprint density at radius 1 is 0.815 bits per heavy atom. The molecule has 23 heteroatoms. The van der Waals surface area contributed by atoms with Crippen molar-refractivity contribution >= 4 is 59.8 Å². The predicted molar refractivity (Wildman–Crippen MR) is 229 cm³/mol. The van der Waals surface area contributed by atoms with E-state index in [0.29, 0.717) is 58.3 Å². The van der Waals surface area contributed by atoms with Crippen LogP contribution in [0.5, 0.6) is 0 Å². The van der Waals surface area contributed by atoms with Crippen LogP contribution in [-0.2, 0) is 51.7 Å². The van der Waals surface area contributed by atoms with Crippen molar-refractivity contribution in [3.63, 3.8) is 0 Å². The normalized spacial score (nSPS) is 16.5. The molecule has 0 N–H and O–H groups in total. The van der Waals surface area contributed by atoms with Gasteiger partial charge in [-0.3, -0.25) is 5.04 Å². The number of amidine groups is 1. The van der Waals surface area contributed by atoms with E-state index in [4.69, 9.17) is 9.98 Å². The van der Waals surface area contributed by atoms with Crippen LogP contribution in [0.3, 0.4) is 0 Å². The third-order valence-corrected chi connectivity index (χ3v) is 12.3. The molecule has 0 saturated carbocycles. The minimum Gasteiger partial charge on any atom is -0.748 e. The third kappa shape index (κ3) is 19.4. The molecular weight excluding hydrogens is 998 g/mol. The monoisotopic (exact) mass is 1040 g/mol. The number of hydrogen-bond donors (Lipinski definition) is 0. The Kier molecular flexibility index (Phi) is 26.9. The largest absolute Gasteiger partial charge is 1.00 e. The third-order valence-electron chi connectivity index (χ3n) is 9.80. The number of hydrogen-bond acceptors (Lipinski definition) is 16. The number of benzene rings is 1. The number of allylic oxidation sites excluding steroid dienone is 8. The van der Waals surface area contributed by atoms with Crippen LogP contribution in [-0.4, -0.2) is 73.4 Å². The van der Waals surface area contributed by atoms with Crippen LogP contribution >= 0.6 is 12.0 Å². The van der Waals surface area contributed by atoms with E-state index in [0.717, 1.165) is 23.3 Å². The van der Waals surface area contributed by atoms with Gasteiger partial charge < -0.3 is 23.8 Å². The van der Waals surface area contributed by atoms with Gasteiger partial charge in [-0.05, 0) is 99.0 Å². The van der Waals surface area contributed by atoms with E-state index < -0.39 is 52.7 Å². The van der Waals surface area contributed by atoms with E-state index in [9.17, 15) is 44.2 Å². The van der Waals surface area contributed by atoms with Gasteiger partial charge >= 0.3 is 160 Å². The summed E-state index contributed by atoms with van der Waals surface area (Å²) in [5, 5.41) is 15.2. The number of aliphatic imine (C=N–C) groups is 2. The number of rotatable bonds is 16. The summed E-state index contributed by atoms with van der Waals surface area (Å²) in [4.78, 5) is 12.4. The van der Waals surface area contributed by atoms with Crippen LogP contribution in [0.25, 0.3) is 0 Å². The van der Waals surface area contributed by atoms with E-state index in [2.05, 4.69) is 27.1 Å². The first-order chi connectivity index (χ1) is 28.6. The van der Waals surface area contributed by atoms with Crippen LogP contribution in [0, 0.1) is 28.4 Å². The number of unbranched alkanes of at least 4 members (excludes halogenated alkanes) is 2. The van der Waals surface area contributed by atoms with E-state index >= 15 is 0 Å². The average Bonchev–Trinajstić information content (AvgIpc) is 3.58. The molecule has 0 atom stereocenters. The smallest absolute Gasteiger partial charge is 0.748 e. The Morgan fingerprint density at radius 2 is 1.46 bits per heavy atom. The van der Waals surface area contributed by atoms with Crippen LogP contribution in [0.4, 0.5) is 5.82 Å². The number of fused-ring (bicyclic) bond motifs is 2. The van der Waals surface area contributed by atoms with Crippen molar-refractivity contribution in [1.82, 2.24) is 4.90 Å². The van der Waals surface area contributed by atoms with Gasteiger partial charge in [-0.2, -0.15) is 4.33 Å². The molecule has 0 unspecified atom stereocenters. The molecular formula is C42H45K3N4O12S4. The van der Waals surface area contributed by atoms with Gasteiger partial charge in [0.05, 0.1) is 61.1 Å². The van der Waals surface area contributed by atoms with Crippen molar-refractivity contribution in [1.29, 1.82) is 0 Å². The molecule has 1 aromatic carbocycles. The number of pyridine rings is 1. The molecule has 3 aliphatic rings. The van der Waals surface area contributed by atoms with Crippen molar-refractivity contribution in [2.45, 2.75) is 77.7 Å². The maximum Gasteiger partial charge on any atom is 1.00 e. The molecule has 1 aromatic heterocycles. The van der Waals surface area contributed by atoms with E-state index in [-0.39, 0.29) is 187 Å². The van der Waals surface area contributed by atoms with E-state index in [1.807, 2.05) is 69.2 Å².